The Labute approximate surface area is 155 Å². The molecule has 1 amide bonds. The standard InChI is InChI=1S/C20H20FN3OS/c1-13-12-17(14(2)24(13)20-22-9-11-26-20)19(25)23-10-3-4-18(23)15-5-7-16(21)8-6-15/h5-9,11-12,18H,3-4,10H2,1-2H3. The van der Waals surface area contributed by atoms with E-state index in [-0.39, 0.29) is 17.8 Å². The molecule has 1 unspecified atom stereocenters. The molecule has 1 aliphatic rings. The van der Waals surface area contributed by atoms with Crippen molar-refractivity contribution in [2.24, 2.45) is 0 Å². The zero-order valence-electron chi connectivity index (χ0n) is 14.8. The summed E-state index contributed by atoms with van der Waals surface area (Å²) in [6, 6.07) is 8.44. The lowest BCUT2D eigenvalue weighted by Gasteiger charge is -2.25. The fourth-order valence-electron chi connectivity index (χ4n) is 3.80. The smallest absolute Gasteiger partial charge is 0.256 e. The normalized spacial score (nSPS) is 17.0. The van der Waals surface area contributed by atoms with Crippen LogP contribution < -0.4 is 0 Å². The van der Waals surface area contributed by atoms with Crippen molar-refractivity contribution in [2.45, 2.75) is 32.7 Å². The second kappa shape index (κ2) is 6.68. The molecule has 26 heavy (non-hydrogen) atoms. The van der Waals surface area contributed by atoms with Gasteiger partial charge >= 0.3 is 0 Å². The summed E-state index contributed by atoms with van der Waals surface area (Å²) < 4.78 is 15.3. The summed E-state index contributed by atoms with van der Waals surface area (Å²) in [7, 11) is 0. The van der Waals surface area contributed by atoms with Crippen molar-refractivity contribution in [1.82, 2.24) is 14.5 Å². The molecule has 134 valence electrons. The van der Waals surface area contributed by atoms with E-state index >= 15 is 0 Å². The van der Waals surface area contributed by atoms with Gasteiger partial charge in [0.15, 0.2) is 5.13 Å². The van der Waals surface area contributed by atoms with Crippen molar-refractivity contribution in [3.63, 3.8) is 0 Å². The number of carbonyl (C=O) groups is 1. The van der Waals surface area contributed by atoms with E-state index in [0.29, 0.717) is 5.56 Å². The Kier molecular flexibility index (Phi) is 4.36. The Morgan fingerprint density at radius 2 is 2.04 bits per heavy atom. The Hall–Kier alpha value is -2.47. The van der Waals surface area contributed by atoms with E-state index in [2.05, 4.69) is 4.98 Å². The number of hydrogen-bond donors (Lipinski definition) is 0. The summed E-state index contributed by atoms with van der Waals surface area (Å²) in [5.41, 5.74) is 3.61. The minimum Gasteiger partial charge on any atom is -0.332 e. The summed E-state index contributed by atoms with van der Waals surface area (Å²) in [5, 5.41) is 2.80. The summed E-state index contributed by atoms with van der Waals surface area (Å²) in [6.45, 7) is 4.68. The molecule has 0 bridgehead atoms. The van der Waals surface area contributed by atoms with Crippen molar-refractivity contribution in [3.05, 3.63) is 70.2 Å². The number of carbonyl (C=O) groups excluding carboxylic acids is 1. The topological polar surface area (TPSA) is 38.1 Å². The van der Waals surface area contributed by atoms with Crippen molar-refractivity contribution < 1.29 is 9.18 Å². The van der Waals surface area contributed by atoms with E-state index in [0.717, 1.165) is 41.5 Å². The second-order valence-corrected chi connectivity index (χ2v) is 7.52. The van der Waals surface area contributed by atoms with Crippen molar-refractivity contribution in [3.8, 4) is 5.13 Å². The first-order valence-corrected chi connectivity index (χ1v) is 9.59. The number of nitrogens with zero attached hydrogens (tertiary/aromatic N) is 3. The number of halogens is 1. The molecule has 0 aliphatic carbocycles. The highest BCUT2D eigenvalue weighted by Gasteiger charge is 2.32. The predicted octanol–water partition coefficient (Wildman–Crippen LogP) is 4.67. The first kappa shape index (κ1) is 17.0. The molecular weight excluding hydrogens is 349 g/mol. The van der Waals surface area contributed by atoms with Gasteiger partial charge in [-0.2, -0.15) is 0 Å². The van der Waals surface area contributed by atoms with Crippen LogP contribution in [0.4, 0.5) is 4.39 Å². The molecule has 1 aliphatic heterocycles. The van der Waals surface area contributed by atoms with Crippen molar-refractivity contribution in [1.29, 1.82) is 0 Å². The number of thiazole rings is 1. The molecule has 4 rings (SSSR count). The Morgan fingerprint density at radius 3 is 2.73 bits per heavy atom. The van der Waals surface area contributed by atoms with Crippen LogP contribution in [0.3, 0.4) is 0 Å². The molecule has 3 aromatic rings. The van der Waals surface area contributed by atoms with E-state index in [4.69, 9.17) is 0 Å². The lowest BCUT2D eigenvalue weighted by molar-refractivity contribution is 0.0735. The van der Waals surface area contributed by atoms with Crippen LogP contribution in [0, 0.1) is 19.7 Å². The number of benzene rings is 1. The van der Waals surface area contributed by atoms with Gasteiger partial charge in [-0.3, -0.25) is 9.36 Å². The lowest BCUT2D eigenvalue weighted by Crippen LogP contribution is -2.30. The number of likely N-dealkylation sites (tertiary alicyclic amines) is 1. The molecule has 6 heteroatoms. The average Bonchev–Trinajstić information content (AvgIpc) is 3.35. The van der Waals surface area contributed by atoms with Crippen LogP contribution in [0.1, 0.15) is 46.2 Å². The van der Waals surface area contributed by atoms with Gasteiger partial charge in [-0.15, -0.1) is 11.3 Å². The van der Waals surface area contributed by atoms with E-state index < -0.39 is 0 Å². The van der Waals surface area contributed by atoms with Crippen LogP contribution in [0.5, 0.6) is 0 Å². The highest BCUT2D eigenvalue weighted by molar-refractivity contribution is 7.12. The first-order chi connectivity index (χ1) is 12.6. The zero-order valence-corrected chi connectivity index (χ0v) is 15.6. The fourth-order valence-corrected chi connectivity index (χ4v) is 4.55. The van der Waals surface area contributed by atoms with Crippen LogP contribution in [0.2, 0.25) is 0 Å². The molecule has 1 atom stereocenters. The van der Waals surface area contributed by atoms with E-state index in [1.165, 1.54) is 12.1 Å². The molecule has 0 saturated carbocycles. The Morgan fingerprint density at radius 1 is 1.27 bits per heavy atom. The highest BCUT2D eigenvalue weighted by Crippen LogP contribution is 2.34. The van der Waals surface area contributed by atoms with Crippen LogP contribution in [0.15, 0.2) is 41.9 Å². The summed E-state index contributed by atoms with van der Waals surface area (Å²) in [5.74, 6) is -0.218. The summed E-state index contributed by atoms with van der Waals surface area (Å²) in [4.78, 5) is 19.6. The number of hydrogen-bond acceptors (Lipinski definition) is 3. The van der Waals surface area contributed by atoms with Gasteiger partial charge in [0, 0.05) is 29.5 Å². The number of amides is 1. The van der Waals surface area contributed by atoms with Gasteiger partial charge in [-0.1, -0.05) is 12.1 Å². The van der Waals surface area contributed by atoms with Crippen LogP contribution in [0.25, 0.3) is 5.13 Å². The predicted molar refractivity (Wildman–Crippen MR) is 100 cm³/mol. The lowest BCUT2D eigenvalue weighted by atomic mass is 10.0. The molecule has 3 heterocycles. The molecule has 0 radical (unpaired) electrons. The maximum atomic E-state index is 13.3. The SMILES string of the molecule is Cc1cc(C(=O)N2CCCC2c2ccc(F)cc2)c(C)n1-c1nccs1. The Bertz CT molecular complexity index is 931. The van der Waals surface area contributed by atoms with Gasteiger partial charge < -0.3 is 4.90 Å². The monoisotopic (exact) mass is 369 g/mol. The van der Waals surface area contributed by atoms with Crippen molar-refractivity contribution in [2.75, 3.05) is 6.54 Å². The maximum Gasteiger partial charge on any atom is 0.256 e. The summed E-state index contributed by atoms with van der Waals surface area (Å²) in [6.07, 6.45) is 3.63. The average molecular weight is 369 g/mol. The highest BCUT2D eigenvalue weighted by atomic mass is 32.1. The summed E-state index contributed by atoms with van der Waals surface area (Å²) >= 11 is 1.55. The third kappa shape index (κ3) is 2.84. The quantitative estimate of drug-likeness (QED) is 0.673. The van der Waals surface area contributed by atoms with Crippen LogP contribution >= 0.6 is 11.3 Å². The zero-order chi connectivity index (χ0) is 18.3. The van der Waals surface area contributed by atoms with Gasteiger partial charge in [0.2, 0.25) is 0 Å². The van der Waals surface area contributed by atoms with Gasteiger partial charge in [-0.25, -0.2) is 9.37 Å². The molecule has 1 saturated heterocycles. The number of aryl methyl sites for hydroxylation is 1. The van der Waals surface area contributed by atoms with Gasteiger partial charge in [0.25, 0.3) is 5.91 Å². The third-order valence-corrected chi connectivity index (χ3v) is 5.80. The molecule has 1 aromatic carbocycles. The number of rotatable bonds is 3. The van der Waals surface area contributed by atoms with Crippen molar-refractivity contribution >= 4 is 17.2 Å². The first-order valence-electron chi connectivity index (χ1n) is 8.71. The van der Waals surface area contributed by atoms with E-state index in [1.807, 2.05) is 34.8 Å². The van der Waals surface area contributed by atoms with E-state index in [9.17, 15) is 9.18 Å². The van der Waals surface area contributed by atoms with Gasteiger partial charge in [0.05, 0.1) is 11.6 Å². The molecule has 2 aromatic heterocycles. The maximum absolute atomic E-state index is 13.3. The molecule has 1 fully saturated rings. The second-order valence-electron chi connectivity index (χ2n) is 6.64. The molecule has 4 nitrogen and oxygen atoms in total. The molecule has 0 N–H and O–H groups in total. The largest absolute Gasteiger partial charge is 0.332 e. The van der Waals surface area contributed by atoms with Gasteiger partial charge in [0.1, 0.15) is 5.82 Å². The minimum atomic E-state index is -0.253. The van der Waals surface area contributed by atoms with Gasteiger partial charge in [-0.05, 0) is 50.5 Å². The number of aromatic nitrogens is 2. The Balaban J connectivity index is 1.67. The van der Waals surface area contributed by atoms with E-state index in [1.54, 1.807) is 29.7 Å². The third-order valence-electron chi connectivity index (χ3n) is 5.04. The van der Waals surface area contributed by atoms with Crippen LogP contribution in [-0.4, -0.2) is 26.9 Å². The molecule has 0 spiro atoms. The molecular formula is C20H20FN3OS. The minimum absolute atomic E-state index is 0.00557. The fraction of sp³-hybridized carbons (Fsp3) is 0.300. The van der Waals surface area contributed by atoms with Crippen LogP contribution in [-0.2, 0) is 0 Å².